The van der Waals surface area contributed by atoms with Gasteiger partial charge in [0.25, 0.3) is 0 Å². The van der Waals surface area contributed by atoms with Gasteiger partial charge in [-0.1, -0.05) is 0 Å². The molecule has 1 fully saturated rings. The van der Waals surface area contributed by atoms with Crippen molar-refractivity contribution < 1.29 is 9.53 Å². The maximum absolute atomic E-state index is 11.8. The monoisotopic (exact) mass is 245 g/mol. The van der Waals surface area contributed by atoms with Gasteiger partial charge in [-0.15, -0.1) is 0 Å². The van der Waals surface area contributed by atoms with Crippen LogP contribution in [0.2, 0.25) is 0 Å². The van der Waals surface area contributed by atoms with Crippen LogP contribution in [0.5, 0.6) is 0 Å². The number of rotatable bonds is 4. The summed E-state index contributed by atoms with van der Waals surface area (Å²) in [4.78, 5) is 11.8. The van der Waals surface area contributed by atoms with E-state index in [9.17, 15) is 4.79 Å². The molecule has 4 N–H and O–H groups in total. The summed E-state index contributed by atoms with van der Waals surface area (Å²) in [7, 11) is 0. The van der Waals surface area contributed by atoms with Gasteiger partial charge in [0.1, 0.15) is 0 Å². The van der Waals surface area contributed by atoms with Crippen molar-refractivity contribution in [2.75, 3.05) is 18.1 Å². The van der Waals surface area contributed by atoms with Crippen LogP contribution >= 0.6 is 0 Å². The molecule has 5 nitrogen and oxygen atoms in total. The molecule has 5 heteroatoms. The van der Waals surface area contributed by atoms with Crippen LogP contribution in [0.4, 0.5) is 11.4 Å². The van der Waals surface area contributed by atoms with Crippen molar-refractivity contribution in [1.29, 1.82) is 5.26 Å². The molecule has 0 heterocycles. The Balaban J connectivity index is 1.98. The third-order valence-corrected chi connectivity index (χ3v) is 3.13. The van der Waals surface area contributed by atoms with Gasteiger partial charge in [0, 0.05) is 23.2 Å². The van der Waals surface area contributed by atoms with Crippen LogP contribution in [0.3, 0.4) is 0 Å². The lowest BCUT2D eigenvalue weighted by Crippen LogP contribution is -2.15. The number of nitrogens with two attached hydrogens (primary N) is 2. The lowest BCUT2D eigenvalue weighted by molar-refractivity contribution is 0.0419. The highest BCUT2D eigenvalue weighted by molar-refractivity contribution is 5.91. The van der Waals surface area contributed by atoms with Crippen LogP contribution in [0.1, 0.15) is 29.6 Å². The molecule has 0 atom stereocenters. The maximum atomic E-state index is 11.8. The Kier molecular flexibility index (Phi) is 3.11. The molecule has 0 radical (unpaired) electrons. The van der Waals surface area contributed by atoms with E-state index in [0.717, 1.165) is 12.8 Å². The smallest absolute Gasteiger partial charge is 0.338 e. The van der Waals surface area contributed by atoms with E-state index in [2.05, 4.69) is 6.07 Å². The molecular weight excluding hydrogens is 230 g/mol. The summed E-state index contributed by atoms with van der Waals surface area (Å²) in [6, 6.07) is 6.76. The highest BCUT2D eigenvalue weighted by Gasteiger charge is 2.43. The summed E-state index contributed by atoms with van der Waals surface area (Å²) in [5.74, 6) is -0.446. The van der Waals surface area contributed by atoms with Crippen LogP contribution in [-0.4, -0.2) is 12.6 Å². The van der Waals surface area contributed by atoms with E-state index in [0.29, 0.717) is 23.4 Å². The van der Waals surface area contributed by atoms with Crippen molar-refractivity contribution in [3.05, 3.63) is 23.8 Å². The standard InChI is InChI=1S/C13H15N3O2/c14-4-3-13(1-2-13)8-18-12(17)9-5-10(15)7-11(16)6-9/h5-7H,1-3,8,15-16H2. The van der Waals surface area contributed by atoms with Gasteiger partial charge < -0.3 is 16.2 Å². The molecule has 0 spiro atoms. The van der Waals surface area contributed by atoms with Gasteiger partial charge in [-0.05, 0) is 31.0 Å². The summed E-state index contributed by atoms with van der Waals surface area (Å²) in [5, 5.41) is 8.67. The summed E-state index contributed by atoms with van der Waals surface area (Å²) in [6.45, 7) is 0.286. The molecule has 1 saturated carbocycles. The summed E-state index contributed by atoms with van der Waals surface area (Å²) >= 11 is 0. The van der Waals surface area contributed by atoms with E-state index < -0.39 is 5.97 Å². The van der Waals surface area contributed by atoms with E-state index in [1.165, 1.54) is 12.1 Å². The van der Waals surface area contributed by atoms with E-state index in [1.807, 2.05) is 0 Å². The number of anilines is 2. The highest BCUT2D eigenvalue weighted by Crippen LogP contribution is 2.48. The Morgan fingerprint density at radius 2 is 1.94 bits per heavy atom. The Labute approximate surface area is 105 Å². The first-order valence-corrected chi connectivity index (χ1v) is 5.75. The van der Waals surface area contributed by atoms with Crippen LogP contribution in [0.25, 0.3) is 0 Å². The van der Waals surface area contributed by atoms with Crippen molar-refractivity contribution in [3.8, 4) is 6.07 Å². The number of esters is 1. The molecule has 1 aromatic rings. The average Bonchev–Trinajstić information content (AvgIpc) is 3.06. The molecule has 1 aliphatic carbocycles. The fourth-order valence-corrected chi connectivity index (χ4v) is 1.81. The number of benzene rings is 1. The molecule has 0 unspecified atom stereocenters. The number of hydrogen-bond donors (Lipinski definition) is 2. The normalized spacial score (nSPS) is 15.7. The minimum atomic E-state index is -0.446. The Morgan fingerprint density at radius 1 is 1.33 bits per heavy atom. The van der Waals surface area contributed by atoms with Crippen molar-refractivity contribution in [1.82, 2.24) is 0 Å². The molecule has 18 heavy (non-hydrogen) atoms. The third kappa shape index (κ3) is 2.72. The lowest BCUT2D eigenvalue weighted by Gasteiger charge is -2.12. The van der Waals surface area contributed by atoms with E-state index in [4.69, 9.17) is 21.5 Å². The zero-order valence-corrected chi connectivity index (χ0v) is 9.98. The zero-order chi connectivity index (χ0) is 13.2. The van der Waals surface area contributed by atoms with Gasteiger partial charge in [0.05, 0.1) is 18.2 Å². The number of hydrogen-bond acceptors (Lipinski definition) is 5. The molecular formula is C13H15N3O2. The van der Waals surface area contributed by atoms with Gasteiger partial charge >= 0.3 is 5.97 Å². The largest absolute Gasteiger partial charge is 0.461 e. The van der Waals surface area contributed by atoms with Gasteiger partial charge in [0.2, 0.25) is 0 Å². The quantitative estimate of drug-likeness (QED) is 0.621. The predicted molar refractivity (Wildman–Crippen MR) is 67.4 cm³/mol. The van der Waals surface area contributed by atoms with Crippen molar-refractivity contribution in [2.24, 2.45) is 5.41 Å². The molecule has 1 aromatic carbocycles. The van der Waals surface area contributed by atoms with Gasteiger partial charge in [0.15, 0.2) is 0 Å². The summed E-state index contributed by atoms with van der Waals surface area (Å²) < 4.78 is 5.22. The van der Waals surface area contributed by atoms with Crippen LogP contribution < -0.4 is 11.5 Å². The maximum Gasteiger partial charge on any atom is 0.338 e. The third-order valence-electron chi connectivity index (χ3n) is 3.13. The van der Waals surface area contributed by atoms with Gasteiger partial charge in [-0.3, -0.25) is 0 Å². The van der Waals surface area contributed by atoms with Crippen molar-refractivity contribution >= 4 is 17.3 Å². The molecule has 0 aromatic heterocycles. The molecule has 0 saturated heterocycles. The first-order chi connectivity index (χ1) is 8.54. The molecule has 1 aliphatic rings. The predicted octanol–water partition coefficient (Wildman–Crippen LogP) is 1.70. The van der Waals surface area contributed by atoms with Crippen molar-refractivity contribution in [3.63, 3.8) is 0 Å². The first kappa shape index (κ1) is 12.2. The average molecular weight is 245 g/mol. The molecule has 0 aliphatic heterocycles. The summed E-state index contributed by atoms with van der Waals surface area (Å²) in [5.41, 5.74) is 12.3. The number of nitriles is 1. The Bertz CT molecular complexity index is 495. The topological polar surface area (TPSA) is 102 Å². The second kappa shape index (κ2) is 4.57. The number of carbonyl (C=O) groups excluding carboxylic acids is 1. The fourth-order valence-electron chi connectivity index (χ4n) is 1.81. The first-order valence-electron chi connectivity index (χ1n) is 5.75. The number of nitrogen functional groups attached to an aromatic ring is 2. The molecule has 0 bridgehead atoms. The second-order valence-electron chi connectivity index (χ2n) is 4.80. The number of ether oxygens (including phenoxy) is 1. The van der Waals surface area contributed by atoms with E-state index >= 15 is 0 Å². The van der Waals surface area contributed by atoms with Gasteiger partial charge in [-0.25, -0.2) is 4.79 Å². The molecule has 0 amide bonds. The summed E-state index contributed by atoms with van der Waals surface area (Å²) in [6.07, 6.45) is 2.30. The van der Waals surface area contributed by atoms with Crippen LogP contribution in [0, 0.1) is 16.7 Å². The highest BCUT2D eigenvalue weighted by atomic mass is 16.5. The lowest BCUT2D eigenvalue weighted by atomic mass is 10.1. The Morgan fingerprint density at radius 3 is 2.44 bits per heavy atom. The number of nitrogens with zero attached hydrogens (tertiary/aromatic N) is 1. The Hall–Kier alpha value is -2.22. The van der Waals surface area contributed by atoms with E-state index in [-0.39, 0.29) is 12.0 Å². The molecule has 94 valence electrons. The van der Waals surface area contributed by atoms with E-state index in [1.54, 1.807) is 6.07 Å². The fraction of sp³-hybridized carbons (Fsp3) is 0.385. The van der Waals surface area contributed by atoms with Crippen LogP contribution in [0.15, 0.2) is 18.2 Å². The minimum absolute atomic E-state index is 0.115. The molecule has 2 rings (SSSR count). The SMILES string of the molecule is N#CCC1(COC(=O)c2cc(N)cc(N)c2)CC1. The van der Waals surface area contributed by atoms with Crippen molar-refractivity contribution in [2.45, 2.75) is 19.3 Å². The number of carbonyl (C=O) groups is 1. The zero-order valence-electron chi connectivity index (χ0n) is 9.98. The minimum Gasteiger partial charge on any atom is -0.461 e. The van der Waals surface area contributed by atoms with Crippen LogP contribution in [-0.2, 0) is 4.74 Å². The second-order valence-corrected chi connectivity index (χ2v) is 4.80. The van der Waals surface area contributed by atoms with Gasteiger partial charge in [-0.2, -0.15) is 5.26 Å².